The summed E-state index contributed by atoms with van der Waals surface area (Å²) in [6, 6.07) is 18.6. The predicted molar refractivity (Wildman–Crippen MR) is 115 cm³/mol. The molecule has 3 aromatic rings. The fraction of sp³-hybridized carbons (Fsp3) is 0.200. The van der Waals surface area contributed by atoms with Gasteiger partial charge >= 0.3 is 18.2 Å². The zero-order valence-electron chi connectivity index (χ0n) is 17.3. The van der Waals surface area contributed by atoms with Crippen molar-refractivity contribution in [1.29, 1.82) is 0 Å². The number of carbonyl (C=O) groups is 2. The number of halogens is 3. The first-order valence-electron chi connectivity index (χ1n) is 10.2. The summed E-state index contributed by atoms with van der Waals surface area (Å²) in [7, 11) is 0. The molecule has 0 saturated heterocycles. The van der Waals surface area contributed by atoms with Gasteiger partial charge in [0.05, 0.1) is 18.0 Å². The maximum atomic E-state index is 12.8. The van der Waals surface area contributed by atoms with Gasteiger partial charge in [-0.1, -0.05) is 60.7 Å². The van der Waals surface area contributed by atoms with Crippen LogP contribution in [0.2, 0.25) is 0 Å². The number of amides is 1. The van der Waals surface area contributed by atoms with Gasteiger partial charge in [0.25, 0.3) is 0 Å². The average molecular weight is 455 g/mol. The summed E-state index contributed by atoms with van der Waals surface area (Å²) < 4.78 is 43.9. The van der Waals surface area contributed by atoms with Crippen molar-refractivity contribution in [1.82, 2.24) is 5.32 Å². The topological polar surface area (TPSA) is 75.6 Å². The number of benzene rings is 3. The molecule has 0 aliphatic heterocycles. The minimum atomic E-state index is -4.51. The summed E-state index contributed by atoms with van der Waals surface area (Å²) in [6.45, 7) is 0.0344. The summed E-state index contributed by atoms with van der Waals surface area (Å²) in [6.07, 6.45) is -5.86. The summed E-state index contributed by atoms with van der Waals surface area (Å²) in [4.78, 5) is 23.8. The van der Waals surface area contributed by atoms with Gasteiger partial charge in [-0.05, 0) is 39.9 Å². The number of fused-ring (bicyclic) bond motifs is 3. The van der Waals surface area contributed by atoms with Crippen molar-refractivity contribution in [3.63, 3.8) is 0 Å². The number of nitrogens with one attached hydrogen (secondary N) is 1. The monoisotopic (exact) mass is 455 g/mol. The van der Waals surface area contributed by atoms with Crippen LogP contribution in [0.15, 0.2) is 72.8 Å². The third-order valence-corrected chi connectivity index (χ3v) is 5.65. The number of rotatable bonds is 6. The number of aliphatic carboxylic acids is 1. The highest BCUT2D eigenvalue weighted by atomic mass is 19.4. The number of carboxylic acid groups (broad SMARTS) is 1. The molecule has 3 aromatic carbocycles. The van der Waals surface area contributed by atoms with Gasteiger partial charge in [-0.15, -0.1) is 0 Å². The largest absolute Gasteiger partial charge is 0.481 e. The van der Waals surface area contributed by atoms with E-state index in [1.165, 1.54) is 0 Å². The van der Waals surface area contributed by atoms with E-state index in [1.807, 2.05) is 48.5 Å². The summed E-state index contributed by atoms with van der Waals surface area (Å²) in [5.41, 5.74) is 3.55. The molecule has 170 valence electrons. The van der Waals surface area contributed by atoms with E-state index in [0.717, 1.165) is 46.5 Å². The van der Waals surface area contributed by atoms with E-state index in [-0.39, 0.29) is 18.1 Å². The molecule has 0 unspecified atom stereocenters. The summed E-state index contributed by atoms with van der Waals surface area (Å²) in [5, 5.41) is 11.7. The van der Waals surface area contributed by atoms with Crippen molar-refractivity contribution >= 4 is 12.1 Å². The van der Waals surface area contributed by atoms with E-state index >= 15 is 0 Å². The average Bonchev–Trinajstić information content (AvgIpc) is 3.10. The van der Waals surface area contributed by atoms with Gasteiger partial charge in [0.15, 0.2) is 0 Å². The second-order valence-corrected chi connectivity index (χ2v) is 7.74. The zero-order chi connectivity index (χ0) is 23.6. The predicted octanol–water partition coefficient (Wildman–Crippen LogP) is 5.76. The first-order valence-corrected chi connectivity index (χ1v) is 10.2. The van der Waals surface area contributed by atoms with Gasteiger partial charge in [-0.2, -0.15) is 13.2 Å². The minimum absolute atomic E-state index is 0.0344. The molecule has 8 heteroatoms. The lowest BCUT2D eigenvalue weighted by Crippen LogP contribution is -2.31. The highest BCUT2D eigenvalue weighted by Crippen LogP contribution is 2.44. The number of alkyl halides is 3. The zero-order valence-corrected chi connectivity index (χ0v) is 17.3. The lowest BCUT2D eigenvalue weighted by Gasteiger charge is -2.19. The van der Waals surface area contributed by atoms with E-state index in [1.54, 1.807) is 0 Å². The molecule has 5 nitrogen and oxygen atoms in total. The molecule has 0 saturated carbocycles. The second-order valence-electron chi connectivity index (χ2n) is 7.74. The van der Waals surface area contributed by atoms with E-state index in [9.17, 15) is 27.9 Å². The highest BCUT2D eigenvalue weighted by molar-refractivity contribution is 5.79. The molecule has 2 N–H and O–H groups in total. The fourth-order valence-corrected chi connectivity index (χ4v) is 4.11. The molecule has 33 heavy (non-hydrogen) atoms. The van der Waals surface area contributed by atoms with Gasteiger partial charge in [0.1, 0.15) is 6.61 Å². The lowest BCUT2D eigenvalue weighted by molar-refractivity contribution is -0.138. The molecule has 0 spiro atoms. The minimum Gasteiger partial charge on any atom is -0.481 e. The Kier molecular flexibility index (Phi) is 6.09. The maximum absolute atomic E-state index is 12.8. The number of carboxylic acids is 1. The van der Waals surface area contributed by atoms with Gasteiger partial charge < -0.3 is 15.2 Å². The Labute approximate surface area is 187 Å². The Morgan fingerprint density at radius 3 is 1.97 bits per heavy atom. The van der Waals surface area contributed by atoms with Gasteiger partial charge in [-0.25, -0.2) is 4.79 Å². The van der Waals surface area contributed by atoms with Crippen LogP contribution in [0.1, 0.15) is 40.6 Å². The van der Waals surface area contributed by atoms with Crippen molar-refractivity contribution in [2.24, 2.45) is 0 Å². The number of hydrogen-bond donors (Lipinski definition) is 2. The van der Waals surface area contributed by atoms with Crippen LogP contribution in [-0.4, -0.2) is 23.8 Å². The lowest BCUT2D eigenvalue weighted by atomic mass is 9.98. The van der Waals surface area contributed by atoms with Crippen molar-refractivity contribution in [2.45, 2.75) is 24.6 Å². The van der Waals surface area contributed by atoms with E-state index in [0.29, 0.717) is 0 Å². The quantitative estimate of drug-likeness (QED) is 0.496. The highest BCUT2D eigenvalue weighted by Gasteiger charge is 2.31. The summed E-state index contributed by atoms with van der Waals surface area (Å²) >= 11 is 0. The molecule has 1 amide bonds. The Morgan fingerprint density at radius 2 is 1.45 bits per heavy atom. The fourth-order valence-electron chi connectivity index (χ4n) is 4.11. The third-order valence-electron chi connectivity index (χ3n) is 5.65. The molecule has 1 aliphatic carbocycles. The molecule has 1 atom stereocenters. The molecule has 0 bridgehead atoms. The maximum Gasteiger partial charge on any atom is 0.416 e. The first kappa shape index (κ1) is 22.4. The van der Waals surface area contributed by atoms with Crippen LogP contribution in [0.4, 0.5) is 18.0 Å². The van der Waals surface area contributed by atoms with Gasteiger partial charge in [-0.3, -0.25) is 4.79 Å². The van der Waals surface area contributed by atoms with Gasteiger partial charge in [0.2, 0.25) is 0 Å². The first-order chi connectivity index (χ1) is 15.7. The van der Waals surface area contributed by atoms with Crippen LogP contribution in [0.25, 0.3) is 11.1 Å². The smallest absolute Gasteiger partial charge is 0.416 e. The van der Waals surface area contributed by atoms with Crippen LogP contribution in [0, 0.1) is 0 Å². The standard InChI is InChI=1S/C25H20F3NO4/c26-25(27,28)16-11-9-15(10-12-16)22(13-23(30)31)29-24(32)33-14-21-19-7-3-1-5-17(19)18-6-2-4-8-20(18)21/h1-12,21-22H,13-14H2,(H,29,32)(H,30,31)/t22-/m1/s1. The Hall–Kier alpha value is -3.81. The molecule has 4 rings (SSSR count). The van der Waals surface area contributed by atoms with Crippen LogP contribution in [0.3, 0.4) is 0 Å². The Balaban J connectivity index is 1.47. The van der Waals surface area contributed by atoms with Crippen molar-refractivity contribution in [2.75, 3.05) is 6.61 Å². The molecule has 0 aromatic heterocycles. The van der Waals surface area contributed by atoms with Crippen molar-refractivity contribution < 1.29 is 32.6 Å². The molecular weight excluding hydrogens is 435 g/mol. The molecule has 1 aliphatic rings. The number of hydrogen-bond acceptors (Lipinski definition) is 3. The van der Waals surface area contributed by atoms with E-state index in [2.05, 4.69) is 5.32 Å². The van der Waals surface area contributed by atoms with E-state index < -0.39 is 36.3 Å². The van der Waals surface area contributed by atoms with Crippen LogP contribution < -0.4 is 5.32 Å². The van der Waals surface area contributed by atoms with Crippen LogP contribution in [0.5, 0.6) is 0 Å². The second kappa shape index (κ2) is 8.97. The summed E-state index contributed by atoms with van der Waals surface area (Å²) in [5.74, 6) is -1.38. The van der Waals surface area contributed by atoms with Crippen LogP contribution >= 0.6 is 0 Å². The third kappa shape index (κ3) is 4.84. The van der Waals surface area contributed by atoms with Crippen LogP contribution in [-0.2, 0) is 15.7 Å². The molecule has 0 heterocycles. The Bertz CT molecular complexity index is 1130. The molecular formula is C25H20F3NO4. The molecule has 0 radical (unpaired) electrons. The number of alkyl carbamates (subject to hydrolysis) is 1. The SMILES string of the molecule is O=C(O)C[C@@H](NC(=O)OCC1c2ccccc2-c2ccccc21)c1ccc(C(F)(F)F)cc1. The molecule has 0 fully saturated rings. The van der Waals surface area contributed by atoms with Crippen molar-refractivity contribution in [3.8, 4) is 11.1 Å². The number of ether oxygens (including phenoxy) is 1. The van der Waals surface area contributed by atoms with Crippen molar-refractivity contribution in [3.05, 3.63) is 95.1 Å². The van der Waals surface area contributed by atoms with Gasteiger partial charge in [0, 0.05) is 5.92 Å². The van der Waals surface area contributed by atoms with E-state index in [4.69, 9.17) is 4.74 Å². The number of carbonyl (C=O) groups excluding carboxylic acids is 1. The Morgan fingerprint density at radius 1 is 0.909 bits per heavy atom. The normalized spacial score (nSPS) is 13.7.